The predicted octanol–water partition coefficient (Wildman–Crippen LogP) is 0.260. The van der Waals surface area contributed by atoms with E-state index in [0.29, 0.717) is 0 Å². The van der Waals surface area contributed by atoms with Crippen LogP contribution in [0.5, 0.6) is 0 Å². The third-order valence-corrected chi connectivity index (χ3v) is 3.71. The van der Waals surface area contributed by atoms with Gasteiger partial charge in [-0.2, -0.15) is 0 Å². The van der Waals surface area contributed by atoms with Crippen molar-refractivity contribution in [2.45, 2.75) is 44.7 Å². The molecule has 110 valence electrons. The van der Waals surface area contributed by atoms with E-state index in [1.54, 1.807) is 19.1 Å². The minimum Gasteiger partial charge on any atom is -0.392 e. The van der Waals surface area contributed by atoms with Crippen molar-refractivity contribution in [3.63, 3.8) is 0 Å². The molecule has 0 aromatic heterocycles. The van der Waals surface area contributed by atoms with Gasteiger partial charge in [0, 0.05) is 5.57 Å². The van der Waals surface area contributed by atoms with Gasteiger partial charge in [-0.1, -0.05) is 23.8 Å². The Kier molecular flexibility index (Phi) is 3.97. The molecule has 0 radical (unpaired) electrons. The van der Waals surface area contributed by atoms with Crippen LogP contribution in [0, 0.1) is 0 Å². The Hall–Kier alpha value is -1.27. The highest BCUT2D eigenvalue weighted by molar-refractivity contribution is 6.09. The summed E-state index contributed by atoms with van der Waals surface area (Å²) in [5, 5.41) is 29.8. The van der Waals surface area contributed by atoms with E-state index in [0.717, 1.165) is 5.57 Å². The lowest BCUT2D eigenvalue weighted by Crippen LogP contribution is -2.47. The molecule has 4 unspecified atom stereocenters. The van der Waals surface area contributed by atoms with E-state index in [1.807, 2.05) is 13.8 Å². The lowest BCUT2D eigenvalue weighted by atomic mass is 9.77. The van der Waals surface area contributed by atoms with Crippen molar-refractivity contribution in [3.05, 3.63) is 34.9 Å². The number of carbonyl (C=O) groups excluding carboxylic acids is 1. The van der Waals surface area contributed by atoms with Crippen molar-refractivity contribution in [1.29, 1.82) is 0 Å². The van der Waals surface area contributed by atoms with E-state index >= 15 is 0 Å². The van der Waals surface area contributed by atoms with Crippen LogP contribution < -0.4 is 0 Å². The molecule has 5 heteroatoms. The number of Topliss-reactive ketones (excluding diaryl/α,β-unsaturated/α-hetero) is 1. The Morgan fingerprint density at radius 2 is 2.15 bits per heavy atom. The van der Waals surface area contributed by atoms with Gasteiger partial charge in [0.1, 0.15) is 18.3 Å². The SMILES string of the molecule is C/C=C\C1=C(CO)C(O)C2OC2(C(O)C=C(C)C)C1=O. The molecule has 1 aliphatic carbocycles. The van der Waals surface area contributed by atoms with Crippen LogP contribution >= 0.6 is 0 Å². The van der Waals surface area contributed by atoms with E-state index in [-0.39, 0.29) is 16.9 Å². The molecule has 4 atom stereocenters. The maximum atomic E-state index is 12.6. The Morgan fingerprint density at radius 3 is 2.65 bits per heavy atom. The van der Waals surface area contributed by atoms with E-state index < -0.39 is 30.5 Å². The van der Waals surface area contributed by atoms with Gasteiger partial charge >= 0.3 is 0 Å². The van der Waals surface area contributed by atoms with Crippen LogP contribution in [0.2, 0.25) is 0 Å². The zero-order valence-electron chi connectivity index (χ0n) is 11.8. The Balaban J connectivity index is 2.46. The molecule has 0 aromatic rings. The summed E-state index contributed by atoms with van der Waals surface area (Å²) in [6.07, 6.45) is 1.74. The van der Waals surface area contributed by atoms with Gasteiger partial charge in [-0.3, -0.25) is 4.79 Å². The molecule has 3 N–H and O–H groups in total. The number of fused-ring (bicyclic) bond motifs is 1. The standard InChI is InChI=1S/C15H20O5/c1-4-5-9-10(7-16)12(18)14-15(20-14,13(9)19)11(17)6-8(2)3/h4-6,11-12,14,16-18H,7H2,1-3H3/b5-4-. The average molecular weight is 280 g/mol. The zero-order valence-corrected chi connectivity index (χ0v) is 11.8. The first kappa shape index (κ1) is 15.1. The van der Waals surface area contributed by atoms with Gasteiger partial charge in [0.15, 0.2) is 5.60 Å². The Morgan fingerprint density at radius 1 is 1.50 bits per heavy atom. The maximum absolute atomic E-state index is 12.6. The summed E-state index contributed by atoms with van der Waals surface area (Å²) in [6, 6.07) is 0. The molecule has 0 bridgehead atoms. The lowest BCUT2D eigenvalue weighted by Gasteiger charge is -2.26. The van der Waals surface area contributed by atoms with Gasteiger partial charge in [0.25, 0.3) is 0 Å². The predicted molar refractivity (Wildman–Crippen MR) is 73.0 cm³/mol. The Bertz CT molecular complexity index is 512. The normalized spacial score (nSPS) is 34.2. The van der Waals surface area contributed by atoms with E-state index in [2.05, 4.69) is 0 Å². The van der Waals surface area contributed by atoms with Gasteiger partial charge in [-0.15, -0.1) is 0 Å². The first-order valence-electron chi connectivity index (χ1n) is 6.60. The summed E-state index contributed by atoms with van der Waals surface area (Å²) < 4.78 is 5.38. The van der Waals surface area contributed by atoms with Gasteiger partial charge in [0.2, 0.25) is 5.78 Å². The topological polar surface area (TPSA) is 90.3 Å². The molecule has 5 nitrogen and oxygen atoms in total. The van der Waals surface area contributed by atoms with E-state index in [4.69, 9.17) is 4.74 Å². The lowest BCUT2D eigenvalue weighted by molar-refractivity contribution is -0.123. The Labute approximate surface area is 117 Å². The number of aliphatic hydroxyl groups excluding tert-OH is 3. The van der Waals surface area contributed by atoms with Crippen LogP contribution in [0.25, 0.3) is 0 Å². The highest BCUT2D eigenvalue weighted by atomic mass is 16.6. The largest absolute Gasteiger partial charge is 0.392 e. The number of aliphatic hydroxyl groups is 3. The molecule has 0 aromatic carbocycles. The molecule has 1 saturated heterocycles. The minimum atomic E-state index is -1.41. The summed E-state index contributed by atoms with van der Waals surface area (Å²) in [7, 11) is 0. The van der Waals surface area contributed by atoms with Crippen molar-refractivity contribution < 1.29 is 24.9 Å². The molecular weight excluding hydrogens is 260 g/mol. The van der Waals surface area contributed by atoms with Crippen molar-refractivity contribution in [1.82, 2.24) is 0 Å². The first-order chi connectivity index (χ1) is 9.40. The summed E-state index contributed by atoms with van der Waals surface area (Å²) >= 11 is 0. The smallest absolute Gasteiger partial charge is 0.200 e. The highest BCUT2D eigenvalue weighted by Crippen LogP contribution is 2.50. The summed E-state index contributed by atoms with van der Waals surface area (Å²) in [5.74, 6) is -0.389. The zero-order chi connectivity index (χ0) is 15.1. The fraction of sp³-hybridized carbons (Fsp3) is 0.533. The van der Waals surface area contributed by atoms with E-state index in [9.17, 15) is 20.1 Å². The number of hydrogen-bond acceptors (Lipinski definition) is 5. The van der Waals surface area contributed by atoms with Crippen LogP contribution in [-0.2, 0) is 9.53 Å². The quantitative estimate of drug-likeness (QED) is 0.507. The van der Waals surface area contributed by atoms with Crippen molar-refractivity contribution >= 4 is 5.78 Å². The number of rotatable bonds is 4. The molecule has 0 saturated carbocycles. The van der Waals surface area contributed by atoms with Crippen LogP contribution in [0.1, 0.15) is 20.8 Å². The number of ether oxygens (including phenoxy) is 1. The fourth-order valence-corrected chi connectivity index (χ4v) is 2.70. The molecule has 2 aliphatic rings. The number of epoxide rings is 1. The van der Waals surface area contributed by atoms with Gasteiger partial charge in [0.05, 0.1) is 6.61 Å². The molecule has 0 amide bonds. The second-order valence-corrected chi connectivity index (χ2v) is 5.39. The number of allylic oxidation sites excluding steroid dienone is 3. The maximum Gasteiger partial charge on any atom is 0.200 e. The van der Waals surface area contributed by atoms with Crippen molar-refractivity contribution in [2.75, 3.05) is 6.61 Å². The molecule has 1 aliphatic heterocycles. The molecule has 20 heavy (non-hydrogen) atoms. The summed E-state index contributed by atoms with van der Waals surface area (Å²) in [6.45, 7) is 4.94. The molecular formula is C15H20O5. The molecule has 2 rings (SSSR count). The van der Waals surface area contributed by atoms with Crippen LogP contribution in [-0.4, -0.2) is 51.6 Å². The monoisotopic (exact) mass is 280 g/mol. The van der Waals surface area contributed by atoms with E-state index in [1.165, 1.54) is 6.08 Å². The van der Waals surface area contributed by atoms with Gasteiger partial charge in [-0.25, -0.2) is 0 Å². The van der Waals surface area contributed by atoms with Crippen LogP contribution in [0.4, 0.5) is 0 Å². The van der Waals surface area contributed by atoms with Crippen LogP contribution in [0.15, 0.2) is 34.9 Å². The minimum absolute atomic E-state index is 0.220. The number of ketones is 1. The van der Waals surface area contributed by atoms with Crippen molar-refractivity contribution in [2.24, 2.45) is 0 Å². The van der Waals surface area contributed by atoms with Crippen molar-refractivity contribution in [3.8, 4) is 0 Å². The molecule has 0 spiro atoms. The third kappa shape index (κ3) is 2.07. The molecule has 1 fully saturated rings. The molecule has 1 heterocycles. The number of hydrogen-bond donors (Lipinski definition) is 3. The first-order valence-corrected chi connectivity index (χ1v) is 6.60. The summed E-state index contributed by atoms with van der Waals surface area (Å²) in [4.78, 5) is 12.6. The average Bonchev–Trinajstić information content (AvgIpc) is 3.13. The summed E-state index contributed by atoms with van der Waals surface area (Å²) in [5.41, 5.74) is -0.0921. The second kappa shape index (κ2) is 5.26. The van der Waals surface area contributed by atoms with Crippen LogP contribution in [0.3, 0.4) is 0 Å². The second-order valence-electron chi connectivity index (χ2n) is 5.39. The van der Waals surface area contributed by atoms with Gasteiger partial charge < -0.3 is 20.1 Å². The number of carbonyl (C=O) groups is 1. The third-order valence-electron chi connectivity index (χ3n) is 3.71. The van der Waals surface area contributed by atoms with Gasteiger partial charge in [-0.05, 0) is 26.3 Å². The fourth-order valence-electron chi connectivity index (χ4n) is 2.70. The highest BCUT2D eigenvalue weighted by Gasteiger charge is 2.71.